The fourth-order valence-corrected chi connectivity index (χ4v) is 3.79. The molecular weight excluding hydrogens is 487 g/mol. The molecule has 0 amide bonds. The van der Waals surface area contributed by atoms with Gasteiger partial charge in [0, 0.05) is 57.4 Å². The van der Waals surface area contributed by atoms with Crippen LogP contribution in [0.4, 0.5) is 0 Å². The van der Waals surface area contributed by atoms with Crippen LogP contribution in [0, 0.1) is 0 Å². The molecule has 0 spiro atoms. The van der Waals surface area contributed by atoms with Gasteiger partial charge in [-0.05, 0) is 11.4 Å². The minimum absolute atomic E-state index is 0. The van der Waals surface area contributed by atoms with Gasteiger partial charge in [0.1, 0.15) is 9.84 Å². The van der Waals surface area contributed by atoms with E-state index >= 15 is 0 Å². The zero-order valence-corrected chi connectivity index (χ0v) is 19.4. The summed E-state index contributed by atoms with van der Waals surface area (Å²) in [6.45, 7) is 6.26. The van der Waals surface area contributed by atoms with Crippen molar-refractivity contribution in [2.45, 2.75) is 6.54 Å². The Kier molecular flexibility index (Phi) is 11.0. The third-order valence-electron chi connectivity index (χ3n) is 3.97. The number of guanidine groups is 1. The summed E-state index contributed by atoms with van der Waals surface area (Å²) in [5.74, 6) is 0.941. The molecule has 1 aromatic rings. The summed E-state index contributed by atoms with van der Waals surface area (Å²) < 4.78 is 27.4. The highest BCUT2D eigenvalue weighted by atomic mass is 127. The average molecular weight is 516 g/mol. The van der Waals surface area contributed by atoms with Gasteiger partial charge in [-0.25, -0.2) is 8.42 Å². The normalized spacial score (nSPS) is 16.4. The standard InChI is InChI=1S/C16H28N4O3S2.HI/c1-17-16(18-5-10-23-11-13-25(2,21)22)20-8-6-19(7-9-20)14-15-4-3-12-24-15;/h3-4,12H,5-11,13-14H2,1-2H3,(H,17,18);1H. The van der Waals surface area contributed by atoms with Gasteiger partial charge in [0.05, 0.1) is 19.0 Å². The van der Waals surface area contributed by atoms with Crippen molar-refractivity contribution in [2.75, 3.05) is 65.0 Å². The van der Waals surface area contributed by atoms with Crippen LogP contribution in [0.25, 0.3) is 0 Å². The highest BCUT2D eigenvalue weighted by Gasteiger charge is 2.19. The highest BCUT2D eigenvalue weighted by molar-refractivity contribution is 14.0. The Bertz CT molecular complexity index is 630. The Labute approximate surface area is 177 Å². The lowest BCUT2D eigenvalue weighted by atomic mass is 10.3. The molecule has 7 nitrogen and oxygen atoms in total. The number of nitrogens with one attached hydrogen (secondary N) is 1. The van der Waals surface area contributed by atoms with Gasteiger partial charge in [-0.15, -0.1) is 35.3 Å². The molecule has 1 aromatic heterocycles. The third kappa shape index (κ3) is 8.98. The van der Waals surface area contributed by atoms with Crippen molar-refractivity contribution in [1.82, 2.24) is 15.1 Å². The molecule has 1 aliphatic rings. The first kappa shape index (κ1) is 23.6. The lowest BCUT2D eigenvalue weighted by Crippen LogP contribution is -2.52. The summed E-state index contributed by atoms with van der Waals surface area (Å²) in [6.07, 6.45) is 1.22. The topological polar surface area (TPSA) is 74.2 Å². The maximum atomic E-state index is 11.0. The maximum Gasteiger partial charge on any atom is 0.193 e. The van der Waals surface area contributed by atoms with Crippen LogP contribution < -0.4 is 5.32 Å². The summed E-state index contributed by atoms with van der Waals surface area (Å²) >= 11 is 1.80. The highest BCUT2D eigenvalue weighted by Crippen LogP contribution is 2.13. The van der Waals surface area contributed by atoms with Crippen LogP contribution in [-0.4, -0.2) is 89.2 Å². The predicted molar refractivity (Wildman–Crippen MR) is 118 cm³/mol. The molecule has 0 radical (unpaired) electrons. The number of nitrogens with zero attached hydrogens (tertiary/aromatic N) is 3. The summed E-state index contributed by atoms with van der Waals surface area (Å²) in [5, 5.41) is 5.40. The van der Waals surface area contributed by atoms with Crippen molar-refractivity contribution in [3.8, 4) is 0 Å². The summed E-state index contributed by atoms with van der Waals surface area (Å²) in [7, 11) is -1.17. The lowest BCUT2D eigenvalue weighted by molar-refractivity contribution is 0.150. The van der Waals surface area contributed by atoms with E-state index in [1.54, 1.807) is 18.4 Å². The number of hydrogen-bond donors (Lipinski definition) is 1. The molecule has 26 heavy (non-hydrogen) atoms. The molecule has 150 valence electrons. The SMILES string of the molecule is CN=C(NCCOCCS(C)(=O)=O)N1CCN(Cc2cccs2)CC1.I. The van der Waals surface area contributed by atoms with E-state index in [0.29, 0.717) is 13.2 Å². The van der Waals surface area contributed by atoms with Crippen molar-refractivity contribution < 1.29 is 13.2 Å². The van der Waals surface area contributed by atoms with E-state index in [1.807, 2.05) is 0 Å². The number of piperazine rings is 1. The van der Waals surface area contributed by atoms with E-state index in [9.17, 15) is 8.42 Å². The number of sulfone groups is 1. The number of aliphatic imine (C=N–C) groups is 1. The van der Waals surface area contributed by atoms with Crippen molar-refractivity contribution >= 4 is 51.1 Å². The first-order chi connectivity index (χ1) is 12.0. The molecule has 0 aromatic carbocycles. The summed E-state index contributed by atoms with van der Waals surface area (Å²) in [4.78, 5) is 10.5. The number of halogens is 1. The molecule has 2 rings (SSSR count). The van der Waals surface area contributed by atoms with Crippen LogP contribution in [0.15, 0.2) is 22.5 Å². The zero-order chi connectivity index (χ0) is 18.1. The maximum absolute atomic E-state index is 11.0. The summed E-state index contributed by atoms with van der Waals surface area (Å²) in [6, 6.07) is 4.28. The molecule has 0 saturated carbocycles. The smallest absolute Gasteiger partial charge is 0.193 e. The molecule has 1 N–H and O–H groups in total. The molecular formula is C16H29IN4O3S2. The Morgan fingerprint density at radius 1 is 1.31 bits per heavy atom. The van der Waals surface area contributed by atoms with Crippen LogP contribution in [0.3, 0.4) is 0 Å². The zero-order valence-electron chi connectivity index (χ0n) is 15.4. The Balaban J connectivity index is 0.00000338. The molecule has 0 atom stereocenters. The average Bonchev–Trinajstić information content (AvgIpc) is 3.07. The lowest BCUT2D eigenvalue weighted by Gasteiger charge is -2.36. The molecule has 10 heteroatoms. The second-order valence-electron chi connectivity index (χ2n) is 6.06. The molecule has 0 unspecified atom stereocenters. The van der Waals surface area contributed by atoms with Gasteiger partial charge in [0.25, 0.3) is 0 Å². The minimum Gasteiger partial charge on any atom is -0.379 e. The second kappa shape index (κ2) is 12.1. The Hall–Kier alpha value is -0.430. The first-order valence-corrected chi connectivity index (χ1v) is 11.4. The quantitative estimate of drug-likeness (QED) is 0.242. The van der Waals surface area contributed by atoms with E-state index in [2.05, 4.69) is 37.6 Å². The van der Waals surface area contributed by atoms with Crippen molar-refractivity contribution in [2.24, 2.45) is 4.99 Å². The fourth-order valence-electron chi connectivity index (χ4n) is 2.62. The number of thiophene rings is 1. The van der Waals surface area contributed by atoms with Crippen LogP contribution in [0.2, 0.25) is 0 Å². The van der Waals surface area contributed by atoms with Gasteiger partial charge in [0.15, 0.2) is 5.96 Å². The molecule has 0 bridgehead atoms. The first-order valence-electron chi connectivity index (χ1n) is 8.44. The largest absolute Gasteiger partial charge is 0.379 e. The van der Waals surface area contributed by atoms with Gasteiger partial charge in [-0.1, -0.05) is 6.07 Å². The van der Waals surface area contributed by atoms with Gasteiger partial charge in [-0.3, -0.25) is 9.89 Å². The number of ether oxygens (including phenoxy) is 1. The predicted octanol–water partition coefficient (Wildman–Crippen LogP) is 1.12. The van der Waals surface area contributed by atoms with Crippen molar-refractivity contribution in [3.05, 3.63) is 22.4 Å². The van der Waals surface area contributed by atoms with E-state index in [4.69, 9.17) is 4.74 Å². The number of hydrogen-bond acceptors (Lipinski definition) is 6. The van der Waals surface area contributed by atoms with Crippen LogP contribution >= 0.6 is 35.3 Å². The monoisotopic (exact) mass is 516 g/mol. The van der Waals surface area contributed by atoms with Crippen molar-refractivity contribution in [1.29, 1.82) is 0 Å². The van der Waals surface area contributed by atoms with Gasteiger partial charge in [0.2, 0.25) is 0 Å². The molecule has 1 fully saturated rings. The van der Waals surface area contributed by atoms with Crippen LogP contribution in [0.1, 0.15) is 4.88 Å². The van der Waals surface area contributed by atoms with Gasteiger partial charge in [-0.2, -0.15) is 0 Å². The second-order valence-corrected chi connectivity index (χ2v) is 9.35. The molecule has 1 aliphatic heterocycles. The van der Waals surface area contributed by atoms with E-state index in [1.165, 1.54) is 11.1 Å². The van der Waals surface area contributed by atoms with Crippen molar-refractivity contribution in [3.63, 3.8) is 0 Å². The Morgan fingerprint density at radius 3 is 2.62 bits per heavy atom. The van der Waals surface area contributed by atoms with Crippen LogP contribution in [0.5, 0.6) is 0 Å². The minimum atomic E-state index is -2.95. The van der Waals surface area contributed by atoms with E-state index < -0.39 is 9.84 Å². The summed E-state index contributed by atoms with van der Waals surface area (Å²) in [5.41, 5.74) is 0. The number of rotatable bonds is 8. The molecule has 1 saturated heterocycles. The van der Waals surface area contributed by atoms with Gasteiger partial charge >= 0.3 is 0 Å². The third-order valence-corrected chi connectivity index (χ3v) is 5.74. The van der Waals surface area contributed by atoms with E-state index in [0.717, 1.165) is 38.7 Å². The Morgan fingerprint density at radius 2 is 2.04 bits per heavy atom. The van der Waals surface area contributed by atoms with E-state index in [-0.39, 0.29) is 36.3 Å². The fraction of sp³-hybridized carbons (Fsp3) is 0.688. The molecule has 0 aliphatic carbocycles. The van der Waals surface area contributed by atoms with Crippen LogP contribution in [-0.2, 0) is 21.1 Å². The van der Waals surface area contributed by atoms with Gasteiger partial charge < -0.3 is 15.0 Å². The molecule has 2 heterocycles.